The number of aryl methyl sites for hydroxylation is 1. The molecule has 0 aromatic heterocycles. The molecule has 4 amide bonds. The Morgan fingerprint density at radius 2 is 1.70 bits per heavy atom. The second-order valence-electron chi connectivity index (χ2n) is 14.5. The highest BCUT2D eigenvalue weighted by molar-refractivity contribution is 6.13. The third kappa shape index (κ3) is 6.17. The molecule has 4 aliphatic rings. The fourth-order valence-corrected chi connectivity index (χ4v) is 9.01. The van der Waals surface area contributed by atoms with Crippen molar-refractivity contribution < 1.29 is 38.9 Å². The molecule has 274 valence electrons. The molecule has 0 bridgehead atoms. The number of carboxylic acids is 1. The molecule has 3 fully saturated rings. The van der Waals surface area contributed by atoms with Crippen LogP contribution in [0.1, 0.15) is 55.2 Å². The summed E-state index contributed by atoms with van der Waals surface area (Å²) in [5.74, 6) is -5.26. The maximum absolute atomic E-state index is 15.2. The molecular weight excluding hydrogens is 674 g/mol. The number of anilines is 1. The van der Waals surface area contributed by atoms with Crippen LogP contribution in [0.25, 0.3) is 6.08 Å². The maximum Gasteiger partial charge on any atom is 0.303 e. The number of unbranched alkanes of at least 4 members (excludes halogenated alkanes) is 2. The highest BCUT2D eigenvalue weighted by Crippen LogP contribution is 2.61. The first-order chi connectivity index (χ1) is 25.6. The Hall–Kier alpha value is -5.71. The minimum Gasteiger partial charge on any atom is -0.504 e. The average molecular weight is 718 g/mol. The van der Waals surface area contributed by atoms with Gasteiger partial charge in [-0.05, 0) is 73.9 Å². The number of phenolic OH excluding ortho intramolecular Hbond substituents is 1. The zero-order valence-corrected chi connectivity index (χ0v) is 29.7. The van der Waals surface area contributed by atoms with Crippen LogP contribution in [0.15, 0.2) is 90.5 Å². The molecule has 11 heteroatoms. The molecule has 11 nitrogen and oxygen atoms in total. The summed E-state index contributed by atoms with van der Waals surface area (Å²) >= 11 is 0. The van der Waals surface area contributed by atoms with E-state index in [1.165, 1.54) is 18.1 Å². The number of hydrogen-bond acceptors (Lipinski definition) is 8. The van der Waals surface area contributed by atoms with E-state index in [9.17, 15) is 24.3 Å². The SMILES string of the molecule is COc1cc(C=CC2C3=CCC4C(=O)N(CCCCCC(=O)O)C(=O)C4C3CC3C(=O)N(Nc4ccc(C)cc4)C(=O)C23c2ccccc2)ccc1O. The largest absolute Gasteiger partial charge is 0.504 e. The number of likely N-dealkylation sites (tertiary alicyclic amines) is 1. The number of phenols is 1. The molecule has 3 aromatic carbocycles. The van der Waals surface area contributed by atoms with Gasteiger partial charge >= 0.3 is 5.97 Å². The number of nitrogens with one attached hydrogen (secondary N) is 1. The van der Waals surface area contributed by atoms with Crippen LogP contribution < -0.4 is 10.2 Å². The van der Waals surface area contributed by atoms with Crippen molar-refractivity contribution >= 4 is 41.4 Å². The Kier molecular flexibility index (Phi) is 9.67. The molecule has 7 rings (SSSR count). The molecule has 2 heterocycles. The standard InChI is InChI=1S/C42H43N3O8/c1-25-12-16-28(17-13-25)43-45-39(50)33-24-31-29(18-19-30-37(31)40(51)44(38(30)49)22-8-4-7-11-36(47)48)32(20-14-26-15-21-34(46)35(23-26)53-2)42(33,41(45)52)27-9-5-3-6-10-27/h3,5-6,9-10,12-18,20-21,23,30-33,37,43,46H,4,7-8,11,19,22,24H2,1-2H3,(H,47,48). The summed E-state index contributed by atoms with van der Waals surface area (Å²) in [6, 6.07) is 21.7. The number of aliphatic carboxylic acids is 1. The molecule has 2 saturated heterocycles. The molecule has 3 N–H and O–H groups in total. The molecule has 2 aliphatic heterocycles. The number of rotatable bonds is 12. The monoisotopic (exact) mass is 717 g/mol. The maximum atomic E-state index is 15.2. The van der Waals surface area contributed by atoms with E-state index in [0.717, 1.165) is 16.1 Å². The van der Waals surface area contributed by atoms with Crippen LogP contribution in [0.4, 0.5) is 5.69 Å². The van der Waals surface area contributed by atoms with Crippen molar-refractivity contribution in [3.63, 3.8) is 0 Å². The van der Waals surface area contributed by atoms with E-state index in [4.69, 9.17) is 9.84 Å². The number of hydrogen-bond donors (Lipinski definition) is 3. The fourth-order valence-electron chi connectivity index (χ4n) is 9.01. The number of imide groups is 2. The Balaban J connectivity index is 1.32. The van der Waals surface area contributed by atoms with Crippen LogP contribution in [0, 0.1) is 36.5 Å². The van der Waals surface area contributed by atoms with Gasteiger partial charge in [-0.3, -0.25) is 34.3 Å². The first kappa shape index (κ1) is 35.7. The van der Waals surface area contributed by atoms with Crippen LogP contribution in [-0.4, -0.2) is 63.4 Å². The summed E-state index contributed by atoms with van der Waals surface area (Å²) in [4.78, 5) is 70.2. The van der Waals surface area contributed by atoms with Crippen molar-refractivity contribution in [1.82, 2.24) is 9.91 Å². The Labute approximate surface area is 307 Å². The van der Waals surface area contributed by atoms with Gasteiger partial charge in [0.05, 0.1) is 36.0 Å². The van der Waals surface area contributed by atoms with E-state index in [1.807, 2.05) is 79.7 Å². The van der Waals surface area contributed by atoms with E-state index in [1.54, 1.807) is 12.1 Å². The predicted molar refractivity (Wildman–Crippen MR) is 196 cm³/mol. The molecule has 2 aliphatic carbocycles. The first-order valence-corrected chi connectivity index (χ1v) is 18.2. The van der Waals surface area contributed by atoms with Gasteiger partial charge in [0, 0.05) is 18.9 Å². The second kappa shape index (κ2) is 14.4. The number of amides is 4. The molecular formula is C42H43N3O8. The Morgan fingerprint density at radius 3 is 2.42 bits per heavy atom. The number of carbonyl (C=O) groups excluding carboxylic acids is 4. The lowest BCUT2D eigenvalue weighted by Gasteiger charge is -2.49. The van der Waals surface area contributed by atoms with Crippen molar-refractivity contribution in [2.75, 3.05) is 19.1 Å². The summed E-state index contributed by atoms with van der Waals surface area (Å²) in [5.41, 5.74) is 5.55. The van der Waals surface area contributed by atoms with Gasteiger partial charge in [0.2, 0.25) is 11.8 Å². The van der Waals surface area contributed by atoms with Crippen LogP contribution in [0.5, 0.6) is 11.5 Å². The van der Waals surface area contributed by atoms with Crippen LogP contribution in [0.2, 0.25) is 0 Å². The first-order valence-electron chi connectivity index (χ1n) is 18.2. The number of nitrogens with zero attached hydrogens (tertiary/aromatic N) is 2. The zero-order chi connectivity index (χ0) is 37.4. The van der Waals surface area contributed by atoms with Crippen molar-refractivity contribution in [2.24, 2.45) is 29.6 Å². The minimum atomic E-state index is -1.38. The van der Waals surface area contributed by atoms with Gasteiger partial charge in [-0.15, -0.1) is 0 Å². The van der Waals surface area contributed by atoms with Crippen LogP contribution >= 0.6 is 0 Å². The predicted octanol–water partition coefficient (Wildman–Crippen LogP) is 5.88. The third-order valence-corrected chi connectivity index (χ3v) is 11.5. The van der Waals surface area contributed by atoms with Gasteiger partial charge in [-0.1, -0.05) is 84.3 Å². The minimum absolute atomic E-state index is 0.0190. The van der Waals surface area contributed by atoms with Crippen LogP contribution in [0.3, 0.4) is 0 Å². The lowest BCUT2D eigenvalue weighted by atomic mass is 9.50. The number of aromatic hydroxyl groups is 1. The van der Waals surface area contributed by atoms with Gasteiger partial charge < -0.3 is 14.9 Å². The van der Waals surface area contributed by atoms with Gasteiger partial charge in [0.25, 0.3) is 11.8 Å². The highest BCUT2D eigenvalue weighted by atomic mass is 16.5. The number of ether oxygens (including phenoxy) is 1. The summed E-state index contributed by atoms with van der Waals surface area (Å²) < 4.78 is 5.35. The third-order valence-electron chi connectivity index (χ3n) is 11.5. The zero-order valence-electron chi connectivity index (χ0n) is 29.7. The van der Waals surface area contributed by atoms with Gasteiger partial charge in [0.1, 0.15) is 0 Å². The molecule has 6 unspecified atom stereocenters. The lowest BCUT2D eigenvalue weighted by molar-refractivity contribution is -0.141. The summed E-state index contributed by atoms with van der Waals surface area (Å²) in [7, 11) is 1.46. The average Bonchev–Trinajstić information content (AvgIpc) is 3.53. The number of hydrazine groups is 1. The molecule has 0 radical (unpaired) electrons. The normalized spacial score (nSPS) is 26.4. The van der Waals surface area contributed by atoms with Gasteiger partial charge in [-0.25, -0.2) is 0 Å². The summed E-state index contributed by atoms with van der Waals surface area (Å²) in [6.07, 6.45) is 7.86. The number of carbonyl (C=O) groups is 5. The molecule has 3 aromatic rings. The number of allylic oxidation sites excluding steroid dienone is 3. The quantitative estimate of drug-likeness (QED) is 0.118. The number of methoxy groups -OCH3 is 1. The van der Waals surface area contributed by atoms with Gasteiger partial charge in [0.15, 0.2) is 11.5 Å². The number of fused-ring (bicyclic) bond motifs is 4. The van der Waals surface area contributed by atoms with E-state index in [-0.39, 0.29) is 42.7 Å². The molecule has 1 saturated carbocycles. The van der Waals surface area contributed by atoms with E-state index < -0.39 is 52.8 Å². The van der Waals surface area contributed by atoms with Crippen molar-refractivity contribution in [1.29, 1.82) is 0 Å². The van der Waals surface area contributed by atoms with Crippen LogP contribution in [-0.2, 0) is 29.4 Å². The summed E-state index contributed by atoms with van der Waals surface area (Å²) in [5, 5.41) is 20.4. The number of benzene rings is 3. The van der Waals surface area contributed by atoms with Gasteiger partial charge in [-0.2, -0.15) is 5.01 Å². The Bertz CT molecular complexity index is 2010. The second-order valence-corrected chi connectivity index (χ2v) is 14.5. The molecule has 0 spiro atoms. The van der Waals surface area contributed by atoms with Crippen molar-refractivity contribution in [3.8, 4) is 11.5 Å². The highest BCUT2D eigenvalue weighted by Gasteiger charge is 2.69. The topological polar surface area (TPSA) is 154 Å². The molecule has 53 heavy (non-hydrogen) atoms. The van der Waals surface area contributed by atoms with Crippen molar-refractivity contribution in [3.05, 3.63) is 107 Å². The lowest BCUT2D eigenvalue weighted by Crippen LogP contribution is -2.54. The van der Waals surface area contributed by atoms with E-state index in [2.05, 4.69) is 5.43 Å². The smallest absolute Gasteiger partial charge is 0.303 e. The Morgan fingerprint density at radius 1 is 0.943 bits per heavy atom. The van der Waals surface area contributed by atoms with Crippen molar-refractivity contribution in [2.45, 2.75) is 50.9 Å². The van der Waals surface area contributed by atoms with E-state index in [0.29, 0.717) is 42.5 Å². The number of carboxylic acid groups (broad SMARTS) is 1. The van der Waals surface area contributed by atoms with E-state index >= 15 is 4.79 Å². The molecule has 6 atom stereocenters. The summed E-state index contributed by atoms with van der Waals surface area (Å²) in [6.45, 7) is 2.16. The fraction of sp³-hybridized carbons (Fsp3) is 0.357.